The van der Waals surface area contributed by atoms with E-state index in [9.17, 15) is 14.4 Å². The van der Waals surface area contributed by atoms with E-state index in [1.54, 1.807) is 17.5 Å². The van der Waals surface area contributed by atoms with Gasteiger partial charge in [0.2, 0.25) is 0 Å². The number of amides is 2. The van der Waals surface area contributed by atoms with E-state index in [2.05, 4.69) is 15.8 Å². The van der Waals surface area contributed by atoms with Crippen molar-refractivity contribution < 1.29 is 14.3 Å². The second kappa shape index (κ2) is 7.79. The number of nitrogens with zero attached hydrogens (tertiary/aromatic N) is 2. The van der Waals surface area contributed by atoms with Crippen LogP contribution in [0.5, 0.6) is 5.75 Å². The molecular formula is C17H16N4O4S. The first-order valence-corrected chi connectivity index (χ1v) is 8.72. The van der Waals surface area contributed by atoms with Crippen LogP contribution in [-0.4, -0.2) is 27.8 Å². The zero-order valence-electron chi connectivity index (χ0n) is 13.9. The fraction of sp³-hybridized carbons (Fsp3) is 0.176. The number of hydrazine groups is 1. The van der Waals surface area contributed by atoms with Gasteiger partial charge in [-0.15, -0.1) is 11.3 Å². The summed E-state index contributed by atoms with van der Waals surface area (Å²) in [5.41, 5.74) is 4.88. The predicted molar refractivity (Wildman–Crippen MR) is 96.3 cm³/mol. The van der Waals surface area contributed by atoms with Gasteiger partial charge in [0.05, 0.1) is 0 Å². The lowest BCUT2D eigenvalue weighted by Gasteiger charge is -2.09. The highest BCUT2D eigenvalue weighted by atomic mass is 32.1. The van der Waals surface area contributed by atoms with Crippen molar-refractivity contribution in [2.24, 2.45) is 0 Å². The van der Waals surface area contributed by atoms with Gasteiger partial charge in [-0.05, 0) is 24.1 Å². The average Bonchev–Trinajstić information content (AvgIpc) is 3.15. The van der Waals surface area contributed by atoms with Crippen LogP contribution in [0.15, 0.2) is 46.8 Å². The molecule has 0 atom stereocenters. The normalized spacial score (nSPS) is 10.5. The van der Waals surface area contributed by atoms with Gasteiger partial charge in [0.25, 0.3) is 17.4 Å². The fourth-order valence-electron chi connectivity index (χ4n) is 2.18. The van der Waals surface area contributed by atoms with Crippen molar-refractivity contribution in [3.63, 3.8) is 0 Å². The third-order valence-electron chi connectivity index (χ3n) is 3.60. The van der Waals surface area contributed by atoms with Crippen molar-refractivity contribution in [3.05, 3.63) is 63.5 Å². The van der Waals surface area contributed by atoms with Crippen molar-refractivity contribution in [2.75, 3.05) is 6.61 Å². The number of benzene rings is 1. The lowest BCUT2D eigenvalue weighted by molar-refractivity contribution is -0.123. The van der Waals surface area contributed by atoms with Crippen molar-refractivity contribution >= 4 is 28.1 Å². The second-order valence-electron chi connectivity index (χ2n) is 5.32. The van der Waals surface area contributed by atoms with Gasteiger partial charge in [-0.3, -0.25) is 29.6 Å². The molecule has 0 fully saturated rings. The van der Waals surface area contributed by atoms with E-state index in [0.717, 1.165) is 12.0 Å². The Balaban J connectivity index is 1.53. The van der Waals surface area contributed by atoms with Gasteiger partial charge in [0.15, 0.2) is 11.6 Å². The molecule has 0 saturated carbocycles. The van der Waals surface area contributed by atoms with E-state index in [0.29, 0.717) is 10.7 Å². The molecule has 2 aromatic heterocycles. The van der Waals surface area contributed by atoms with Crippen LogP contribution < -0.4 is 21.1 Å². The molecule has 0 saturated heterocycles. The Morgan fingerprint density at radius 1 is 1.23 bits per heavy atom. The smallest absolute Gasteiger partial charge is 0.276 e. The Morgan fingerprint density at radius 3 is 2.73 bits per heavy atom. The summed E-state index contributed by atoms with van der Waals surface area (Å²) in [5.74, 6) is -0.750. The maximum atomic E-state index is 12.2. The maximum absolute atomic E-state index is 12.2. The topological polar surface area (TPSA) is 102 Å². The van der Waals surface area contributed by atoms with Crippen LogP contribution in [0, 0.1) is 0 Å². The molecule has 9 heteroatoms. The monoisotopic (exact) mass is 372 g/mol. The van der Waals surface area contributed by atoms with Gasteiger partial charge in [0.1, 0.15) is 11.3 Å². The molecule has 2 heterocycles. The van der Waals surface area contributed by atoms with Crippen LogP contribution in [-0.2, 0) is 11.2 Å². The van der Waals surface area contributed by atoms with Crippen molar-refractivity contribution in [3.8, 4) is 5.75 Å². The maximum Gasteiger partial charge on any atom is 0.276 e. The molecule has 0 aliphatic rings. The summed E-state index contributed by atoms with van der Waals surface area (Å²) >= 11 is 1.28. The third kappa shape index (κ3) is 3.89. The second-order valence-corrected chi connectivity index (χ2v) is 6.19. The summed E-state index contributed by atoms with van der Waals surface area (Å²) in [6, 6.07) is 7.37. The van der Waals surface area contributed by atoms with Crippen molar-refractivity contribution in [1.29, 1.82) is 0 Å². The zero-order chi connectivity index (χ0) is 18.5. The Kier molecular flexibility index (Phi) is 5.28. The summed E-state index contributed by atoms with van der Waals surface area (Å²) in [7, 11) is 0. The first-order valence-electron chi connectivity index (χ1n) is 7.84. The number of thiazole rings is 1. The molecule has 8 nitrogen and oxygen atoms in total. The quantitative estimate of drug-likeness (QED) is 0.655. The number of hydrogen-bond donors (Lipinski definition) is 2. The minimum absolute atomic E-state index is 0.169. The van der Waals surface area contributed by atoms with Crippen LogP contribution in [0.4, 0.5) is 0 Å². The van der Waals surface area contributed by atoms with E-state index in [4.69, 9.17) is 4.74 Å². The van der Waals surface area contributed by atoms with Gasteiger partial charge >= 0.3 is 0 Å². The number of carbonyl (C=O) groups excluding carboxylic acids is 2. The summed E-state index contributed by atoms with van der Waals surface area (Å²) in [6.45, 7) is 1.77. The summed E-state index contributed by atoms with van der Waals surface area (Å²) in [5, 5.41) is 1.69. The molecule has 0 aliphatic carbocycles. The van der Waals surface area contributed by atoms with Crippen LogP contribution in [0.3, 0.4) is 0 Å². The van der Waals surface area contributed by atoms with Crippen LogP contribution in [0.25, 0.3) is 4.96 Å². The minimum atomic E-state index is -0.747. The van der Waals surface area contributed by atoms with Gasteiger partial charge in [-0.1, -0.05) is 19.1 Å². The largest absolute Gasteiger partial charge is 0.484 e. The molecule has 0 bridgehead atoms. The zero-order valence-corrected chi connectivity index (χ0v) is 14.7. The molecule has 2 amide bonds. The van der Waals surface area contributed by atoms with Crippen molar-refractivity contribution in [1.82, 2.24) is 20.2 Å². The number of fused-ring (bicyclic) bond motifs is 1. The lowest BCUT2D eigenvalue weighted by atomic mass is 10.2. The number of nitrogens with one attached hydrogen (secondary N) is 2. The molecule has 0 spiro atoms. The highest BCUT2D eigenvalue weighted by Crippen LogP contribution is 2.12. The molecule has 0 radical (unpaired) electrons. The Bertz CT molecular complexity index is 994. The highest BCUT2D eigenvalue weighted by molar-refractivity contribution is 7.15. The SMILES string of the molecule is CCc1ccc(OCC(=O)NNC(=O)c2cnc3sccn3c2=O)cc1. The molecule has 3 aromatic rings. The molecule has 1 aromatic carbocycles. The molecular weight excluding hydrogens is 356 g/mol. The standard InChI is InChI=1S/C17H16N4O4S/c1-2-11-3-5-12(6-4-11)25-10-14(22)19-20-15(23)13-9-18-17-21(16(13)24)7-8-26-17/h3-9H,2,10H2,1H3,(H,19,22)(H,20,23). The van der Waals surface area contributed by atoms with Crippen molar-refractivity contribution in [2.45, 2.75) is 13.3 Å². The first kappa shape index (κ1) is 17.6. The number of rotatable bonds is 5. The van der Waals surface area contributed by atoms with E-state index in [1.165, 1.54) is 28.1 Å². The molecule has 134 valence electrons. The molecule has 2 N–H and O–H groups in total. The first-order chi connectivity index (χ1) is 12.6. The Morgan fingerprint density at radius 2 is 2.00 bits per heavy atom. The van der Waals surface area contributed by atoms with Crippen LogP contribution >= 0.6 is 11.3 Å². The fourth-order valence-corrected chi connectivity index (χ4v) is 2.86. The number of hydrogen-bond acceptors (Lipinski definition) is 6. The number of aromatic nitrogens is 2. The van der Waals surface area contributed by atoms with Gasteiger partial charge in [-0.25, -0.2) is 4.98 Å². The summed E-state index contributed by atoms with van der Waals surface area (Å²) in [6.07, 6.45) is 3.63. The Hall–Kier alpha value is -3.20. The minimum Gasteiger partial charge on any atom is -0.484 e. The predicted octanol–water partition coefficient (Wildman–Crippen LogP) is 1.16. The van der Waals surface area contributed by atoms with Gasteiger partial charge in [-0.2, -0.15) is 0 Å². The van der Waals surface area contributed by atoms with E-state index < -0.39 is 17.4 Å². The van der Waals surface area contributed by atoms with E-state index in [1.807, 2.05) is 19.1 Å². The lowest BCUT2D eigenvalue weighted by Crippen LogP contribution is -2.45. The molecule has 3 rings (SSSR count). The number of carbonyl (C=O) groups is 2. The third-order valence-corrected chi connectivity index (χ3v) is 4.38. The van der Waals surface area contributed by atoms with Crippen LogP contribution in [0.1, 0.15) is 22.8 Å². The summed E-state index contributed by atoms with van der Waals surface area (Å²) in [4.78, 5) is 40.5. The number of ether oxygens (including phenoxy) is 1. The molecule has 26 heavy (non-hydrogen) atoms. The van der Waals surface area contributed by atoms with E-state index in [-0.39, 0.29) is 12.2 Å². The summed E-state index contributed by atoms with van der Waals surface area (Å²) < 4.78 is 6.60. The average molecular weight is 372 g/mol. The van der Waals surface area contributed by atoms with Crippen LogP contribution in [0.2, 0.25) is 0 Å². The molecule has 0 aliphatic heterocycles. The van der Waals surface area contributed by atoms with Gasteiger partial charge < -0.3 is 4.74 Å². The van der Waals surface area contributed by atoms with Gasteiger partial charge in [0, 0.05) is 17.8 Å². The number of aryl methyl sites for hydroxylation is 1. The van der Waals surface area contributed by atoms with E-state index >= 15 is 0 Å². The highest BCUT2D eigenvalue weighted by Gasteiger charge is 2.14. The molecule has 0 unspecified atom stereocenters. The Labute approximate surface area is 152 Å².